The second kappa shape index (κ2) is 22.0. The fraction of sp³-hybridized carbons (Fsp3) is 0.632. The van der Waals surface area contributed by atoms with Crippen molar-refractivity contribution < 1.29 is 48.2 Å². The monoisotopic (exact) mass is 803 g/mol. The van der Waals surface area contributed by atoms with E-state index in [9.17, 15) is 38.4 Å². The van der Waals surface area contributed by atoms with Gasteiger partial charge in [0.15, 0.2) is 0 Å². The van der Waals surface area contributed by atoms with Crippen molar-refractivity contribution in [3.8, 4) is 0 Å². The van der Waals surface area contributed by atoms with Gasteiger partial charge in [-0.2, -0.15) is 0 Å². The van der Waals surface area contributed by atoms with Gasteiger partial charge in [-0.25, -0.2) is 9.59 Å². The topological polar surface area (TPSA) is 247 Å². The van der Waals surface area contributed by atoms with Crippen LogP contribution in [0.1, 0.15) is 97.5 Å². The molecule has 1 aromatic carbocycles. The van der Waals surface area contributed by atoms with Crippen molar-refractivity contribution in [2.75, 3.05) is 31.5 Å². The van der Waals surface area contributed by atoms with Crippen molar-refractivity contribution in [3.63, 3.8) is 0 Å². The van der Waals surface area contributed by atoms with Crippen LogP contribution in [0.2, 0.25) is 0 Å². The van der Waals surface area contributed by atoms with Gasteiger partial charge in [-0.15, -0.1) is 11.8 Å². The molecule has 2 aliphatic rings. The number of amides is 8. The average molecular weight is 804 g/mol. The number of nitrogens with one attached hydrogen (secondary N) is 4. The summed E-state index contributed by atoms with van der Waals surface area (Å²) in [5, 5.41) is 19.3. The van der Waals surface area contributed by atoms with E-state index in [1.54, 1.807) is 56.9 Å². The number of anilines is 1. The zero-order chi connectivity index (χ0) is 41.4. The second-order valence-electron chi connectivity index (χ2n) is 15.1. The number of thioether (sulfide) groups is 1. The number of urea groups is 1. The molecule has 0 aliphatic carbocycles. The lowest BCUT2D eigenvalue weighted by Crippen LogP contribution is -2.54. The lowest BCUT2D eigenvalue weighted by atomic mass is 10.0. The number of nitrogens with two attached hydrogens (primary N) is 1. The molecule has 17 nitrogen and oxygen atoms in total. The number of aliphatic carboxylic acids is 1. The Balaban J connectivity index is 1.49. The summed E-state index contributed by atoms with van der Waals surface area (Å²) in [6.45, 7) is 8.80. The van der Waals surface area contributed by atoms with Gasteiger partial charge in [-0.3, -0.25) is 33.7 Å². The van der Waals surface area contributed by atoms with Gasteiger partial charge in [-0.05, 0) is 62.1 Å². The lowest BCUT2D eigenvalue weighted by Gasteiger charge is -2.25. The molecule has 18 heteroatoms. The van der Waals surface area contributed by atoms with E-state index in [1.807, 2.05) is 0 Å². The van der Waals surface area contributed by atoms with Crippen molar-refractivity contribution in [2.45, 2.75) is 121 Å². The van der Waals surface area contributed by atoms with Crippen LogP contribution in [-0.2, 0) is 40.1 Å². The maximum atomic E-state index is 13.5. The summed E-state index contributed by atoms with van der Waals surface area (Å²) >= 11 is 1.19. The summed E-state index contributed by atoms with van der Waals surface area (Å²) in [7, 11) is 0. The van der Waals surface area contributed by atoms with E-state index in [0.29, 0.717) is 44.5 Å². The fourth-order valence-corrected chi connectivity index (χ4v) is 7.81. The molecule has 0 aromatic heterocycles. The molecule has 1 aromatic rings. The fourth-order valence-electron chi connectivity index (χ4n) is 6.38. The number of benzene rings is 1. The Morgan fingerprint density at radius 1 is 0.964 bits per heavy atom. The van der Waals surface area contributed by atoms with E-state index >= 15 is 0 Å². The largest absolute Gasteiger partial charge is 0.481 e. The molecular formula is C38H57N7O10S. The van der Waals surface area contributed by atoms with Gasteiger partial charge in [0.2, 0.25) is 29.5 Å². The Kier molecular flexibility index (Phi) is 17.9. The number of primary amides is 1. The number of carboxylic acids is 1. The highest BCUT2D eigenvalue weighted by Gasteiger charge is 2.42. The van der Waals surface area contributed by atoms with Gasteiger partial charge in [0.05, 0.1) is 11.7 Å². The summed E-state index contributed by atoms with van der Waals surface area (Å²) in [6.07, 6.45) is 3.45. The molecule has 0 spiro atoms. The number of unbranched alkanes of at least 4 members (excludes halogenated alkanes) is 2. The highest BCUT2D eigenvalue weighted by Crippen LogP contribution is 2.37. The van der Waals surface area contributed by atoms with Crippen molar-refractivity contribution in [2.24, 2.45) is 11.7 Å². The number of likely N-dealkylation sites (tertiary alicyclic amines) is 2. The van der Waals surface area contributed by atoms with Crippen LogP contribution in [0.4, 0.5) is 15.3 Å². The van der Waals surface area contributed by atoms with Gasteiger partial charge in [-0.1, -0.05) is 46.2 Å². The van der Waals surface area contributed by atoms with Crippen LogP contribution in [0.5, 0.6) is 0 Å². The quantitative estimate of drug-likeness (QED) is 0.0735. The molecule has 3 atom stereocenters. The van der Waals surface area contributed by atoms with E-state index < -0.39 is 45.9 Å². The highest BCUT2D eigenvalue weighted by molar-refractivity contribution is 8.02. The standard InChI is InChI=1S/C38H57N7O10S/c1-24(2)32(43-29(46)12-6-5-7-20-45-30(47)21-28(35(45)52)56-38(3,4)22-31(48)49)34(51)42-27(11-10-17-40-36(39)53)33(50)41-26-15-13-25(14-16-26)23-55-37(54)44-18-8-9-19-44/h13-16,24,27-28,32H,5-12,17-23H2,1-4H3,(H,41,50)(H,42,51)(H,43,46)(H,48,49)(H3,39,40,53)/t27-,28?,32+/m1/s1. The van der Waals surface area contributed by atoms with Crippen LogP contribution in [0, 0.1) is 5.92 Å². The molecule has 2 heterocycles. The molecule has 0 bridgehead atoms. The number of carbonyl (C=O) groups is 8. The van der Waals surface area contributed by atoms with E-state index in [-0.39, 0.29) is 75.1 Å². The molecule has 0 radical (unpaired) electrons. The molecule has 2 fully saturated rings. The molecule has 56 heavy (non-hydrogen) atoms. The Morgan fingerprint density at radius 2 is 1.64 bits per heavy atom. The van der Waals surface area contributed by atoms with Crippen LogP contribution < -0.4 is 27.0 Å². The third-order valence-electron chi connectivity index (χ3n) is 9.34. The first kappa shape index (κ1) is 45.5. The van der Waals surface area contributed by atoms with E-state index in [2.05, 4.69) is 21.3 Å². The van der Waals surface area contributed by atoms with Gasteiger partial charge in [0.1, 0.15) is 18.7 Å². The van der Waals surface area contributed by atoms with Gasteiger partial charge < -0.3 is 41.7 Å². The number of nitrogens with zero attached hydrogens (tertiary/aromatic N) is 2. The highest BCUT2D eigenvalue weighted by atomic mass is 32.2. The minimum atomic E-state index is -1.02. The van der Waals surface area contributed by atoms with E-state index in [0.717, 1.165) is 18.4 Å². The number of rotatable bonds is 22. The molecule has 0 saturated carbocycles. The van der Waals surface area contributed by atoms with Crippen molar-refractivity contribution in [1.29, 1.82) is 0 Å². The van der Waals surface area contributed by atoms with Crippen LogP contribution in [0.25, 0.3) is 0 Å². The first-order valence-corrected chi connectivity index (χ1v) is 20.0. The Labute approximate surface area is 331 Å². The molecule has 1 unspecified atom stereocenters. The van der Waals surface area contributed by atoms with Gasteiger partial charge in [0.25, 0.3) is 0 Å². The average Bonchev–Trinajstić information content (AvgIpc) is 3.75. The smallest absolute Gasteiger partial charge is 0.410 e. The zero-order valence-corrected chi connectivity index (χ0v) is 33.5. The number of hydrogen-bond acceptors (Lipinski definition) is 10. The van der Waals surface area contributed by atoms with Gasteiger partial charge in [0, 0.05) is 49.5 Å². The van der Waals surface area contributed by atoms with Crippen LogP contribution in [-0.4, -0.2) is 111 Å². The Hall–Kier alpha value is -4.87. The van der Waals surface area contributed by atoms with Crippen LogP contribution >= 0.6 is 11.8 Å². The third kappa shape index (κ3) is 15.3. The molecule has 2 aliphatic heterocycles. The van der Waals surface area contributed by atoms with Gasteiger partial charge >= 0.3 is 18.1 Å². The van der Waals surface area contributed by atoms with E-state index in [1.165, 1.54) is 16.7 Å². The van der Waals surface area contributed by atoms with Crippen LogP contribution in [0.3, 0.4) is 0 Å². The molecular weight excluding hydrogens is 747 g/mol. The lowest BCUT2D eigenvalue weighted by molar-refractivity contribution is -0.139. The minimum Gasteiger partial charge on any atom is -0.481 e. The van der Waals surface area contributed by atoms with Crippen molar-refractivity contribution in [1.82, 2.24) is 25.8 Å². The maximum Gasteiger partial charge on any atom is 0.410 e. The SMILES string of the molecule is CC(C)[C@H](NC(=O)CCCCCN1C(=O)CC(SC(C)(C)CC(=O)O)C1=O)C(=O)N[C@H](CCCNC(N)=O)C(=O)Nc1ccc(COC(=O)N2CCCC2)cc1. The van der Waals surface area contributed by atoms with Crippen molar-refractivity contribution in [3.05, 3.63) is 29.8 Å². The summed E-state index contributed by atoms with van der Waals surface area (Å²) in [6, 6.07) is 4.06. The normalized spacial score (nSPS) is 16.7. The number of carbonyl (C=O) groups excluding carboxylic acids is 7. The number of ether oxygens (including phenoxy) is 1. The second-order valence-corrected chi connectivity index (χ2v) is 17.0. The summed E-state index contributed by atoms with van der Waals surface area (Å²) in [4.78, 5) is 103. The maximum absolute atomic E-state index is 13.5. The first-order valence-electron chi connectivity index (χ1n) is 19.1. The number of hydrogen-bond donors (Lipinski definition) is 6. The molecule has 3 rings (SSSR count). The zero-order valence-electron chi connectivity index (χ0n) is 32.7. The summed E-state index contributed by atoms with van der Waals surface area (Å²) in [5.74, 6) is -3.38. The number of imide groups is 1. The molecule has 2 saturated heterocycles. The van der Waals surface area contributed by atoms with E-state index in [4.69, 9.17) is 15.6 Å². The Morgan fingerprint density at radius 3 is 2.27 bits per heavy atom. The Bertz CT molecular complexity index is 1570. The first-order chi connectivity index (χ1) is 26.5. The summed E-state index contributed by atoms with van der Waals surface area (Å²) in [5.41, 5.74) is 6.34. The third-order valence-corrected chi connectivity index (χ3v) is 10.8. The van der Waals surface area contributed by atoms with Crippen LogP contribution in [0.15, 0.2) is 24.3 Å². The number of carboxylic acid groups (broad SMARTS) is 1. The molecule has 310 valence electrons. The predicted octanol–water partition coefficient (Wildman–Crippen LogP) is 3.11. The predicted molar refractivity (Wildman–Crippen MR) is 209 cm³/mol. The minimum absolute atomic E-state index is 0.0203. The molecule has 8 amide bonds. The molecule has 7 N–H and O–H groups in total. The van der Waals surface area contributed by atoms with Crippen molar-refractivity contribution >= 4 is 65.1 Å². The summed E-state index contributed by atoms with van der Waals surface area (Å²) < 4.78 is 4.67.